The molecule has 0 unspecified atom stereocenters. The summed E-state index contributed by atoms with van der Waals surface area (Å²) in [6, 6.07) is 16.1. The van der Waals surface area contributed by atoms with Gasteiger partial charge in [-0.15, -0.1) is 0 Å². The van der Waals surface area contributed by atoms with Gasteiger partial charge in [-0.1, -0.05) is 35.9 Å². The molecular formula is C30H37ClN4O4. The summed E-state index contributed by atoms with van der Waals surface area (Å²) in [7, 11) is 0. The molecule has 1 aliphatic heterocycles. The third kappa shape index (κ3) is 7.76. The number of aromatic nitrogens is 1. The lowest BCUT2D eigenvalue weighted by atomic mass is 10.0. The number of hydrogen-bond donors (Lipinski definition) is 1. The number of carbonyl (C=O) groups excluding carboxylic acids is 2. The number of hydrogen-bond acceptors (Lipinski definition) is 6. The molecule has 1 N–H and O–H groups in total. The second-order valence-electron chi connectivity index (χ2n) is 11.7. The number of rotatable bonds is 4. The number of piperazine rings is 1. The highest BCUT2D eigenvalue weighted by Crippen LogP contribution is 2.31. The molecule has 208 valence electrons. The average Bonchev–Trinajstić information content (AvgIpc) is 2.85. The van der Waals surface area contributed by atoms with Crippen LogP contribution >= 0.6 is 11.6 Å². The van der Waals surface area contributed by atoms with E-state index in [1.54, 1.807) is 4.90 Å². The van der Waals surface area contributed by atoms with Crippen LogP contribution in [0.3, 0.4) is 0 Å². The summed E-state index contributed by atoms with van der Waals surface area (Å²) in [5.41, 5.74) is 2.80. The summed E-state index contributed by atoms with van der Waals surface area (Å²) in [5, 5.41) is 4.31. The number of halogens is 1. The summed E-state index contributed by atoms with van der Waals surface area (Å²) in [6.45, 7) is 13.8. The Morgan fingerprint density at radius 3 is 2.23 bits per heavy atom. The molecular weight excluding hydrogens is 516 g/mol. The number of fused-ring (bicyclic) bond motifs is 1. The van der Waals surface area contributed by atoms with Gasteiger partial charge in [0.1, 0.15) is 17.0 Å². The monoisotopic (exact) mass is 552 g/mol. The molecule has 0 radical (unpaired) electrons. The van der Waals surface area contributed by atoms with E-state index in [0.717, 1.165) is 33.4 Å². The van der Waals surface area contributed by atoms with Gasteiger partial charge in [-0.05, 0) is 82.5 Å². The lowest BCUT2D eigenvalue weighted by molar-refractivity contribution is 0.0240. The third-order valence-corrected chi connectivity index (χ3v) is 6.35. The molecule has 0 saturated carbocycles. The van der Waals surface area contributed by atoms with Crippen LogP contribution in [0.25, 0.3) is 22.0 Å². The Labute approximate surface area is 235 Å². The fourth-order valence-electron chi connectivity index (χ4n) is 4.32. The lowest BCUT2D eigenvalue weighted by Gasteiger charge is -2.36. The molecule has 0 bridgehead atoms. The molecule has 0 spiro atoms. The molecule has 39 heavy (non-hydrogen) atoms. The van der Waals surface area contributed by atoms with E-state index in [0.29, 0.717) is 37.7 Å². The fourth-order valence-corrected chi connectivity index (χ4v) is 4.60. The zero-order valence-corrected chi connectivity index (χ0v) is 24.3. The normalized spacial score (nSPS) is 14.3. The first-order chi connectivity index (χ1) is 18.3. The van der Waals surface area contributed by atoms with E-state index in [1.165, 1.54) is 0 Å². The smallest absolute Gasteiger partial charge is 0.410 e. The van der Waals surface area contributed by atoms with Gasteiger partial charge in [0.05, 0.1) is 10.5 Å². The second kappa shape index (κ2) is 11.3. The van der Waals surface area contributed by atoms with Gasteiger partial charge in [0.2, 0.25) is 0 Å². The minimum Gasteiger partial charge on any atom is -0.444 e. The number of anilines is 1. The van der Waals surface area contributed by atoms with Gasteiger partial charge in [0.25, 0.3) is 0 Å². The number of nitrogens with one attached hydrogen (secondary N) is 1. The van der Waals surface area contributed by atoms with Gasteiger partial charge in [0, 0.05) is 38.1 Å². The Morgan fingerprint density at radius 1 is 0.897 bits per heavy atom. The highest BCUT2D eigenvalue weighted by molar-refractivity contribution is 6.33. The van der Waals surface area contributed by atoms with Crippen molar-refractivity contribution < 1.29 is 19.1 Å². The van der Waals surface area contributed by atoms with Crippen LogP contribution in [0.5, 0.6) is 0 Å². The van der Waals surface area contributed by atoms with Gasteiger partial charge in [-0.3, -0.25) is 0 Å². The van der Waals surface area contributed by atoms with Crippen molar-refractivity contribution >= 4 is 40.5 Å². The van der Waals surface area contributed by atoms with E-state index >= 15 is 0 Å². The Morgan fingerprint density at radius 2 is 1.56 bits per heavy atom. The Kier molecular flexibility index (Phi) is 8.25. The standard InChI is InChI=1S/C30H37ClN4O4/c1-29(2,3)38-27(36)32-19-20-8-7-9-21(16-20)22-10-11-25-23(17-22)18-24(31)26(33-25)34-12-14-35(15-13-34)28(37)39-30(4,5)6/h7-11,16-18H,12-15,19H2,1-6H3,(H,32,36). The van der Waals surface area contributed by atoms with E-state index in [-0.39, 0.29) is 6.09 Å². The predicted molar refractivity (Wildman–Crippen MR) is 155 cm³/mol. The summed E-state index contributed by atoms with van der Waals surface area (Å²) in [4.78, 5) is 33.1. The summed E-state index contributed by atoms with van der Waals surface area (Å²) >= 11 is 6.70. The molecule has 9 heteroatoms. The molecule has 0 atom stereocenters. The summed E-state index contributed by atoms with van der Waals surface area (Å²) < 4.78 is 10.8. The predicted octanol–water partition coefficient (Wildman–Crippen LogP) is 6.64. The maximum atomic E-state index is 12.4. The Balaban J connectivity index is 1.45. The van der Waals surface area contributed by atoms with Crippen LogP contribution in [-0.4, -0.2) is 59.5 Å². The van der Waals surface area contributed by atoms with Gasteiger partial charge in [-0.2, -0.15) is 0 Å². The first-order valence-corrected chi connectivity index (χ1v) is 13.5. The Bertz CT molecular complexity index is 1360. The van der Waals surface area contributed by atoms with Gasteiger partial charge < -0.3 is 24.6 Å². The maximum absolute atomic E-state index is 12.4. The maximum Gasteiger partial charge on any atom is 0.410 e. The van der Waals surface area contributed by atoms with Gasteiger partial charge in [0.15, 0.2) is 0 Å². The lowest BCUT2D eigenvalue weighted by Crippen LogP contribution is -2.50. The minimum absolute atomic E-state index is 0.295. The molecule has 1 fully saturated rings. The quantitative estimate of drug-likeness (QED) is 0.391. The van der Waals surface area contributed by atoms with Crippen LogP contribution in [0.4, 0.5) is 15.4 Å². The van der Waals surface area contributed by atoms with Crippen molar-refractivity contribution in [3.05, 3.63) is 59.1 Å². The average molecular weight is 553 g/mol. The first-order valence-electron chi connectivity index (χ1n) is 13.2. The summed E-state index contributed by atoms with van der Waals surface area (Å²) in [6.07, 6.45) is -0.738. The number of benzene rings is 2. The zero-order valence-electron chi connectivity index (χ0n) is 23.5. The molecule has 0 aliphatic carbocycles. The second-order valence-corrected chi connectivity index (χ2v) is 12.1. The van der Waals surface area contributed by atoms with Crippen molar-refractivity contribution in [2.75, 3.05) is 31.1 Å². The van der Waals surface area contributed by atoms with Crippen LogP contribution < -0.4 is 10.2 Å². The number of pyridine rings is 1. The number of ether oxygens (including phenoxy) is 2. The number of amides is 2. The third-order valence-electron chi connectivity index (χ3n) is 6.08. The van der Waals surface area contributed by atoms with Crippen molar-refractivity contribution in [2.24, 2.45) is 0 Å². The Hall–Kier alpha value is -3.52. The molecule has 1 saturated heterocycles. The molecule has 4 rings (SSSR count). The largest absolute Gasteiger partial charge is 0.444 e. The van der Waals surface area contributed by atoms with Gasteiger partial charge >= 0.3 is 12.2 Å². The molecule has 1 aromatic heterocycles. The molecule has 3 aromatic rings. The van der Waals surface area contributed by atoms with Crippen LogP contribution in [0, 0.1) is 0 Å². The highest BCUT2D eigenvalue weighted by Gasteiger charge is 2.27. The topological polar surface area (TPSA) is 84.0 Å². The number of alkyl carbamates (subject to hydrolysis) is 1. The van der Waals surface area contributed by atoms with E-state index < -0.39 is 17.3 Å². The van der Waals surface area contributed by atoms with Gasteiger partial charge in [-0.25, -0.2) is 14.6 Å². The molecule has 2 aromatic carbocycles. The van der Waals surface area contributed by atoms with Crippen molar-refractivity contribution in [3.63, 3.8) is 0 Å². The minimum atomic E-state index is -0.541. The van der Waals surface area contributed by atoms with Crippen LogP contribution in [0.1, 0.15) is 47.1 Å². The van der Waals surface area contributed by atoms with Crippen molar-refractivity contribution in [1.29, 1.82) is 0 Å². The van der Waals surface area contributed by atoms with E-state index in [9.17, 15) is 9.59 Å². The van der Waals surface area contributed by atoms with Crippen molar-refractivity contribution in [1.82, 2.24) is 15.2 Å². The fraction of sp³-hybridized carbons (Fsp3) is 0.433. The first kappa shape index (κ1) is 28.5. The molecule has 1 aliphatic rings. The number of carbonyl (C=O) groups is 2. The summed E-state index contributed by atoms with van der Waals surface area (Å²) in [5.74, 6) is 0.718. The van der Waals surface area contributed by atoms with E-state index in [4.69, 9.17) is 26.1 Å². The number of nitrogens with zero attached hydrogens (tertiary/aromatic N) is 3. The van der Waals surface area contributed by atoms with Crippen molar-refractivity contribution in [3.8, 4) is 11.1 Å². The molecule has 2 heterocycles. The highest BCUT2D eigenvalue weighted by atomic mass is 35.5. The molecule has 2 amide bonds. The van der Waals surface area contributed by atoms with Crippen molar-refractivity contribution in [2.45, 2.75) is 59.3 Å². The van der Waals surface area contributed by atoms with Crippen LogP contribution in [0.2, 0.25) is 5.02 Å². The van der Waals surface area contributed by atoms with E-state index in [2.05, 4.69) is 16.3 Å². The van der Waals surface area contributed by atoms with Crippen LogP contribution in [0.15, 0.2) is 48.5 Å². The molecule has 8 nitrogen and oxygen atoms in total. The SMILES string of the molecule is CC(C)(C)OC(=O)NCc1cccc(-c2ccc3nc(N4CCN(C(=O)OC(C)(C)C)CC4)c(Cl)cc3c2)c1. The zero-order chi connectivity index (χ0) is 28.4. The van der Waals surface area contributed by atoms with E-state index in [1.807, 2.05) is 84.0 Å². The van der Waals surface area contributed by atoms with Crippen LogP contribution in [-0.2, 0) is 16.0 Å².